The number of ether oxygens (including phenoxy) is 1. The Bertz CT molecular complexity index is 1620. The predicted octanol–water partition coefficient (Wildman–Crippen LogP) is 4.76. The van der Waals surface area contributed by atoms with Crippen molar-refractivity contribution in [1.82, 2.24) is 25.2 Å². The van der Waals surface area contributed by atoms with E-state index in [0.29, 0.717) is 46.6 Å². The maximum absolute atomic E-state index is 16.5. The molecule has 2 unspecified atom stereocenters. The number of hydrogen-bond donors (Lipinski definition) is 2. The summed E-state index contributed by atoms with van der Waals surface area (Å²) in [5, 5.41) is 4.54. The molecule has 8 rings (SSSR count). The topological polar surface area (TPSA) is 106 Å². The minimum absolute atomic E-state index is 0.0329. The number of nitrogens with one attached hydrogen (secondary N) is 1. The zero-order chi connectivity index (χ0) is 27.0. The normalized spacial score (nSPS) is 23.9. The Morgan fingerprint density at radius 2 is 1.88 bits per heavy atom. The number of halogens is 2. The lowest BCUT2D eigenvalue weighted by molar-refractivity contribution is 0.108. The molecule has 6 heterocycles. The van der Waals surface area contributed by atoms with Crippen LogP contribution in [0.1, 0.15) is 38.5 Å². The lowest BCUT2D eigenvalue weighted by atomic mass is 9.95. The van der Waals surface area contributed by atoms with E-state index in [-0.39, 0.29) is 33.7 Å². The molecule has 40 heavy (non-hydrogen) atoms. The van der Waals surface area contributed by atoms with Gasteiger partial charge in [0.2, 0.25) is 0 Å². The first kappa shape index (κ1) is 24.6. The molecule has 4 aliphatic rings. The van der Waals surface area contributed by atoms with Crippen LogP contribution in [0, 0.1) is 5.82 Å². The molecular formula is C29H31ClFN7O2. The average molecular weight is 564 g/mol. The predicted molar refractivity (Wildman–Crippen MR) is 152 cm³/mol. The molecule has 3 N–H and O–H groups in total. The summed E-state index contributed by atoms with van der Waals surface area (Å²) in [6.45, 7) is 4.32. The fraction of sp³-hybridized carbons (Fsp3) is 0.483. The van der Waals surface area contributed by atoms with Crippen LogP contribution in [0.15, 0.2) is 28.7 Å². The standard InChI is InChI=1S/C29H31ClFN7O2/c30-20-12-19-25(24(31)23(20)16-3-6-22-21(11-16)34-27(32)40-22)35-28(39-15-29-7-1-9-38(29)10-2-8-29)36-26(19)37-13-17-4-5-18(14-37)33-17/h3,6,11-12,17-18,33H,1-2,4-5,7-10,13-15H2,(H2,32,34). The van der Waals surface area contributed by atoms with Gasteiger partial charge in [-0.3, -0.25) is 4.90 Å². The van der Waals surface area contributed by atoms with Crippen LogP contribution in [0.3, 0.4) is 0 Å². The van der Waals surface area contributed by atoms with Crippen molar-refractivity contribution in [3.63, 3.8) is 0 Å². The SMILES string of the molecule is Nc1nc2cc(-c3c(Cl)cc4c(N5CC6CCC(C5)N6)nc(OCC56CCCN5CCC6)nc4c3F)ccc2o1. The van der Waals surface area contributed by atoms with Gasteiger partial charge < -0.3 is 25.1 Å². The van der Waals surface area contributed by atoms with Crippen molar-refractivity contribution >= 4 is 45.4 Å². The molecule has 2 bridgehead atoms. The molecule has 208 valence electrons. The number of oxazole rings is 1. The monoisotopic (exact) mass is 563 g/mol. The number of nitrogen functional groups attached to an aromatic ring is 1. The number of aromatic nitrogens is 3. The lowest BCUT2D eigenvalue weighted by Crippen LogP contribution is -2.51. The number of nitrogens with two attached hydrogens (primary N) is 1. The van der Waals surface area contributed by atoms with Gasteiger partial charge >= 0.3 is 6.01 Å². The highest BCUT2D eigenvalue weighted by Gasteiger charge is 2.45. The smallest absolute Gasteiger partial charge is 0.319 e. The fourth-order valence-electron chi connectivity index (χ4n) is 7.46. The third-order valence-corrected chi connectivity index (χ3v) is 9.63. The number of benzene rings is 2. The third-order valence-electron chi connectivity index (χ3n) is 9.33. The zero-order valence-corrected chi connectivity index (χ0v) is 22.9. The molecule has 4 fully saturated rings. The molecule has 4 aliphatic heterocycles. The van der Waals surface area contributed by atoms with Gasteiger partial charge in [-0.25, -0.2) is 4.39 Å². The van der Waals surface area contributed by atoms with Crippen LogP contribution in [0.25, 0.3) is 33.1 Å². The number of hydrogen-bond acceptors (Lipinski definition) is 9. The lowest BCUT2D eigenvalue weighted by Gasteiger charge is -2.35. The van der Waals surface area contributed by atoms with Crippen molar-refractivity contribution in [1.29, 1.82) is 0 Å². The Morgan fingerprint density at radius 1 is 1.10 bits per heavy atom. The zero-order valence-electron chi connectivity index (χ0n) is 22.1. The Kier molecular flexibility index (Phi) is 5.62. The Balaban J connectivity index is 1.24. The van der Waals surface area contributed by atoms with Crippen LogP contribution in [-0.2, 0) is 0 Å². The van der Waals surface area contributed by atoms with Crippen molar-refractivity contribution in [2.45, 2.75) is 56.1 Å². The molecule has 2 atom stereocenters. The van der Waals surface area contributed by atoms with Crippen LogP contribution in [-0.4, -0.2) is 70.3 Å². The largest absolute Gasteiger partial charge is 0.461 e. The number of rotatable bonds is 5. The molecule has 0 aliphatic carbocycles. The second-order valence-corrected chi connectivity index (χ2v) is 12.2. The van der Waals surface area contributed by atoms with E-state index in [2.05, 4.69) is 25.1 Å². The maximum atomic E-state index is 16.5. The number of fused-ring (bicyclic) bond motifs is 5. The molecule has 9 nitrogen and oxygen atoms in total. The molecule has 11 heteroatoms. The van der Waals surface area contributed by atoms with Crippen LogP contribution in [0.4, 0.5) is 16.2 Å². The first-order chi connectivity index (χ1) is 19.5. The van der Waals surface area contributed by atoms with Gasteiger partial charge in [0.15, 0.2) is 11.4 Å². The quantitative estimate of drug-likeness (QED) is 0.355. The highest BCUT2D eigenvalue weighted by Crippen LogP contribution is 2.42. The summed E-state index contributed by atoms with van der Waals surface area (Å²) in [7, 11) is 0. The molecule has 2 aromatic heterocycles. The fourth-order valence-corrected chi connectivity index (χ4v) is 7.76. The summed E-state index contributed by atoms with van der Waals surface area (Å²) >= 11 is 6.80. The van der Waals surface area contributed by atoms with Gasteiger partial charge in [-0.15, -0.1) is 0 Å². The van der Waals surface area contributed by atoms with E-state index in [1.54, 1.807) is 24.3 Å². The molecule has 4 saturated heterocycles. The van der Waals surface area contributed by atoms with Crippen LogP contribution < -0.4 is 20.7 Å². The number of nitrogens with zero attached hydrogens (tertiary/aromatic N) is 5. The summed E-state index contributed by atoms with van der Waals surface area (Å²) in [5.74, 6) is 0.170. The molecule has 4 aromatic rings. The molecule has 0 radical (unpaired) electrons. The van der Waals surface area contributed by atoms with Crippen molar-refractivity contribution in [3.05, 3.63) is 35.1 Å². The van der Waals surface area contributed by atoms with Crippen molar-refractivity contribution in [2.24, 2.45) is 0 Å². The van der Waals surface area contributed by atoms with E-state index in [9.17, 15) is 0 Å². The van der Waals surface area contributed by atoms with Crippen LogP contribution in [0.5, 0.6) is 6.01 Å². The Morgan fingerprint density at radius 3 is 2.65 bits per heavy atom. The van der Waals surface area contributed by atoms with E-state index in [4.69, 9.17) is 31.5 Å². The van der Waals surface area contributed by atoms with E-state index in [1.165, 1.54) is 12.8 Å². The van der Waals surface area contributed by atoms with Gasteiger partial charge in [0.1, 0.15) is 23.5 Å². The van der Waals surface area contributed by atoms with Gasteiger partial charge in [0, 0.05) is 36.1 Å². The second-order valence-electron chi connectivity index (χ2n) is 11.8. The summed E-state index contributed by atoms with van der Waals surface area (Å²) < 4.78 is 28.3. The van der Waals surface area contributed by atoms with E-state index >= 15 is 4.39 Å². The molecule has 0 amide bonds. The number of piperazine rings is 1. The molecule has 2 aromatic carbocycles. The molecule has 0 spiro atoms. The highest BCUT2D eigenvalue weighted by molar-refractivity contribution is 6.34. The first-order valence-electron chi connectivity index (χ1n) is 14.2. The first-order valence-corrected chi connectivity index (χ1v) is 14.6. The molecular weight excluding hydrogens is 533 g/mol. The van der Waals surface area contributed by atoms with Gasteiger partial charge in [-0.05, 0) is 75.4 Å². The van der Waals surface area contributed by atoms with Crippen molar-refractivity contribution in [2.75, 3.05) is 43.4 Å². The van der Waals surface area contributed by atoms with Gasteiger partial charge in [0.05, 0.1) is 10.6 Å². The minimum atomic E-state index is -0.508. The minimum Gasteiger partial charge on any atom is -0.461 e. The second kappa shape index (κ2) is 9.15. The van der Waals surface area contributed by atoms with Crippen molar-refractivity contribution in [3.8, 4) is 17.1 Å². The van der Waals surface area contributed by atoms with Crippen molar-refractivity contribution < 1.29 is 13.5 Å². The average Bonchev–Trinajstić information content (AvgIpc) is 3.69. The summed E-state index contributed by atoms with van der Waals surface area (Å²) in [6, 6.07) is 8.04. The Labute approximate surface area is 235 Å². The summed E-state index contributed by atoms with van der Waals surface area (Å²) in [4.78, 5) is 18.6. The summed E-state index contributed by atoms with van der Waals surface area (Å²) in [6.07, 6.45) is 6.82. The molecule has 0 saturated carbocycles. The van der Waals surface area contributed by atoms with Gasteiger partial charge in [0.25, 0.3) is 6.01 Å². The summed E-state index contributed by atoms with van der Waals surface area (Å²) in [5.41, 5.74) is 7.85. The maximum Gasteiger partial charge on any atom is 0.319 e. The number of anilines is 2. The van der Waals surface area contributed by atoms with Gasteiger partial charge in [-0.1, -0.05) is 17.7 Å². The van der Waals surface area contributed by atoms with Crippen LogP contribution in [0.2, 0.25) is 5.02 Å². The van der Waals surface area contributed by atoms with Gasteiger partial charge in [-0.2, -0.15) is 15.0 Å². The van der Waals surface area contributed by atoms with E-state index in [1.807, 2.05) is 0 Å². The third kappa shape index (κ3) is 3.91. The van der Waals surface area contributed by atoms with E-state index < -0.39 is 5.82 Å². The highest BCUT2D eigenvalue weighted by atomic mass is 35.5. The van der Waals surface area contributed by atoms with E-state index in [0.717, 1.165) is 51.9 Å². The Hall–Kier alpha value is -3.21. The van der Waals surface area contributed by atoms with Crippen LogP contribution >= 0.6 is 11.6 Å².